The number of hydrogen-bond donors (Lipinski definition) is 1. The van der Waals surface area contributed by atoms with E-state index in [1.165, 1.54) is 11.8 Å². The highest BCUT2D eigenvalue weighted by molar-refractivity contribution is 8.00. The largest absolute Gasteiger partial charge is 0.493 e. The minimum absolute atomic E-state index is 0.00384. The molecule has 0 bridgehead atoms. The Balaban J connectivity index is 1.33. The van der Waals surface area contributed by atoms with Gasteiger partial charge in [-0.15, -0.1) is 11.8 Å². The minimum Gasteiger partial charge on any atom is -0.493 e. The molecule has 1 saturated heterocycles. The van der Waals surface area contributed by atoms with Gasteiger partial charge in [-0.05, 0) is 42.7 Å². The summed E-state index contributed by atoms with van der Waals surface area (Å²) in [6, 6.07) is 13.2. The molecule has 4 rings (SSSR count). The highest BCUT2D eigenvalue weighted by Crippen LogP contribution is 2.34. The second-order valence-corrected chi connectivity index (χ2v) is 8.46. The van der Waals surface area contributed by atoms with Crippen LogP contribution in [0, 0.1) is 0 Å². The topological polar surface area (TPSA) is 77.1 Å². The molecule has 2 aliphatic rings. The average Bonchev–Trinajstić information content (AvgIpc) is 3.32. The zero-order valence-corrected chi connectivity index (χ0v) is 18.3. The van der Waals surface area contributed by atoms with Crippen LogP contribution in [-0.2, 0) is 20.9 Å². The molecule has 7 nitrogen and oxygen atoms in total. The summed E-state index contributed by atoms with van der Waals surface area (Å²) in [4.78, 5) is 27.4. The Labute approximate surface area is 186 Å². The molecule has 31 heavy (non-hydrogen) atoms. The number of para-hydroxylation sites is 1. The van der Waals surface area contributed by atoms with Gasteiger partial charge in [0.1, 0.15) is 13.2 Å². The van der Waals surface area contributed by atoms with Gasteiger partial charge in [0.15, 0.2) is 11.5 Å². The number of anilines is 1. The fourth-order valence-electron chi connectivity index (χ4n) is 3.63. The molecule has 164 valence electrons. The van der Waals surface area contributed by atoms with Crippen molar-refractivity contribution in [3.8, 4) is 11.5 Å². The zero-order valence-electron chi connectivity index (χ0n) is 17.5. The molecule has 8 heteroatoms. The van der Waals surface area contributed by atoms with Crippen molar-refractivity contribution in [3.05, 3.63) is 48.0 Å². The number of amides is 2. The van der Waals surface area contributed by atoms with Crippen LogP contribution in [0.4, 0.5) is 5.69 Å². The lowest BCUT2D eigenvalue weighted by atomic mass is 10.2. The summed E-state index contributed by atoms with van der Waals surface area (Å²) in [6.07, 6.45) is 2.21. The van der Waals surface area contributed by atoms with E-state index >= 15 is 0 Å². The van der Waals surface area contributed by atoms with E-state index in [1.54, 1.807) is 12.0 Å². The van der Waals surface area contributed by atoms with Crippen LogP contribution in [0.1, 0.15) is 18.4 Å². The number of rotatable bonds is 8. The van der Waals surface area contributed by atoms with Gasteiger partial charge in [-0.25, -0.2) is 0 Å². The van der Waals surface area contributed by atoms with Crippen molar-refractivity contribution in [2.75, 3.05) is 37.5 Å². The standard InChI is InChI=1S/C23H26N2O5S/c1-28-20-11-16(8-9-19(20)30-14-17-5-4-10-29-17)12-24-22(26)13-25-18-6-2-3-7-21(18)31-15-23(25)27/h2-3,6-9,11,17H,4-5,10,12-15H2,1H3,(H,24,26). The molecule has 0 spiro atoms. The maximum absolute atomic E-state index is 12.5. The van der Waals surface area contributed by atoms with Gasteiger partial charge in [0.25, 0.3) is 0 Å². The van der Waals surface area contributed by atoms with Gasteiger partial charge < -0.3 is 24.4 Å². The van der Waals surface area contributed by atoms with Crippen LogP contribution in [0.2, 0.25) is 0 Å². The van der Waals surface area contributed by atoms with Crippen LogP contribution in [0.15, 0.2) is 47.4 Å². The summed E-state index contributed by atoms with van der Waals surface area (Å²) in [6.45, 7) is 1.61. The Morgan fingerprint density at radius 1 is 1.26 bits per heavy atom. The number of carbonyl (C=O) groups excluding carboxylic acids is 2. The highest BCUT2D eigenvalue weighted by Gasteiger charge is 2.26. The molecular weight excluding hydrogens is 416 g/mol. The molecular formula is C23H26N2O5S. The first-order valence-corrected chi connectivity index (χ1v) is 11.3. The molecule has 0 radical (unpaired) electrons. The van der Waals surface area contributed by atoms with Crippen LogP contribution < -0.4 is 19.7 Å². The van der Waals surface area contributed by atoms with Crippen molar-refractivity contribution in [2.24, 2.45) is 0 Å². The lowest BCUT2D eigenvalue weighted by molar-refractivity contribution is -0.123. The fraction of sp³-hybridized carbons (Fsp3) is 0.391. The quantitative estimate of drug-likeness (QED) is 0.677. The Hall–Kier alpha value is -2.71. The smallest absolute Gasteiger partial charge is 0.240 e. The third-order valence-corrected chi connectivity index (χ3v) is 6.32. The minimum atomic E-state index is -0.215. The van der Waals surface area contributed by atoms with E-state index in [0.29, 0.717) is 30.4 Å². The van der Waals surface area contributed by atoms with E-state index in [1.807, 2.05) is 42.5 Å². The van der Waals surface area contributed by atoms with Crippen molar-refractivity contribution >= 4 is 29.3 Å². The number of fused-ring (bicyclic) bond motifs is 1. The van der Waals surface area contributed by atoms with Crippen molar-refractivity contribution < 1.29 is 23.8 Å². The maximum Gasteiger partial charge on any atom is 0.240 e. The van der Waals surface area contributed by atoms with Gasteiger partial charge in [-0.1, -0.05) is 18.2 Å². The zero-order chi connectivity index (χ0) is 21.6. The average molecular weight is 443 g/mol. The number of nitrogens with one attached hydrogen (secondary N) is 1. The SMILES string of the molecule is COc1cc(CNC(=O)CN2C(=O)CSc3ccccc32)ccc1OCC1CCCO1. The molecule has 1 atom stereocenters. The molecule has 1 fully saturated rings. The highest BCUT2D eigenvalue weighted by atomic mass is 32.2. The first-order chi connectivity index (χ1) is 15.1. The van der Waals surface area contributed by atoms with Crippen molar-refractivity contribution in [1.29, 1.82) is 0 Å². The number of ether oxygens (including phenoxy) is 3. The van der Waals surface area contributed by atoms with Gasteiger partial charge >= 0.3 is 0 Å². The molecule has 2 aromatic carbocycles. The van der Waals surface area contributed by atoms with Gasteiger partial charge in [-0.3, -0.25) is 9.59 Å². The fourth-order valence-corrected chi connectivity index (χ4v) is 4.56. The normalized spacial score (nSPS) is 17.9. The van der Waals surface area contributed by atoms with Gasteiger partial charge in [-0.2, -0.15) is 0 Å². The third kappa shape index (κ3) is 5.32. The number of benzene rings is 2. The summed E-state index contributed by atoms with van der Waals surface area (Å²) in [5.41, 5.74) is 1.67. The van der Waals surface area contributed by atoms with Gasteiger partial charge in [0.05, 0.1) is 24.7 Å². The summed E-state index contributed by atoms with van der Waals surface area (Å²) < 4.78 is 16.9. The van der Waals surface area contributed by atoms with E-state index < -0.39 is 0 Å². The predicted molar refractivity (Wildman–Crippen MR) is 119 cm³/mol. The van der Waals surface area contributed by atoms with E-state index in [-0.39, 0.29) is 24.5 Å². The van der Waals surface area contributed by atoms with E-state index in [9.17, 15) is 9.59 Å². The van der Waals surface area contributed by atoms with Gasteiger partial charge in [0.2, 0.25) is 11.8 Å². The number of nitrogens with zero attached hydrogens (tertiary/aromatic N) is 1. The maximum atomic E-state index is 12.5. The van der Waals surface area contributed by atoms with Crippen LogP contribution >= 0.6 is 11.8 Å². The second kappa shape index (κ2) is 10.1. The van der Waals surface area contributed by atoms with E-state index in [0.717, 1.165) is 35.6 Å². The van der Waals surface area contributed by atoms with E-state index in [2.05, 4.69) is 5.32 Å². The molecule has 0 saturated carbocycles. The van der Waals surface area contributed by atoms with Crippen molar-refractivity contribution in [2.45, 2.75) is 30.4 Å². The Kier molecular flexibility index (Phi) is 6.99. The van der Waals surface area contributed by atoms with Crippen molar-refractivity contribution in [1.82, 2.24) is 5.32 Å². The summed E-state index contributed by atoms with van der Waals surface area (Å²) in [5, 5.41) is 2.89. The molecule has 0 aliphatic carbocycles. The van der Waals surface area contributed by atoms with Crippen LogP contribution in [-0.4, -0.2) is 50.5 Å². The molecule has 2 amide bonds. The molecule has 1 unspecified atom stereocenters. The lowest BCUT2D eigenvalue weighted by Crippen LogP contribution is -2.43. The van der Waals surface area contributed by atoms with Crippen molar-refractivity contribution in [3.63, 3.8) is 0 Å². The molecule has 1 N–H and O–H groups in total. The monoisotopic (exact) mass is 442 g/mol. The van der Waals surface area contributed by atoms with Crippen LogP contribution in [0.5, 0.6) is 11.5 Å². The number of carbonyl (C=O) groups is 2. The summed E-state index contributed by atoms with van der Waals surface area (Å²) >= 11 is 1.50. The Morgan fingerprint density at radius 3 is 2.94 bits per heavy atom. The van der Waals surface area contributed by atoms with Crippen LogP contribution in [0.3, 0.4) is 0 Å². The molecule has 0 aromatic heterocycles. The molecule has 2 aromatic rings. The first-order valence-electron chi connectivity index (χ1n) is 10.3. The third-order valence-electron chi connectivity index (χ3n) is 5.28. The van der Waals surface area contributed by atoms with Gasteiger partial charge in [0, 0.05) is 18.0 Å². The summed E-state index contributed by atoms with van der Waals surface area (Å²) in [7, 11) is 1.59. The van der Waals surface area contributed by atoms with Crippen LogP contribution in [0.25, 0.3) is 0 Å². The second-order valence-electron chi connectivity index (χ2n) is 7.44. The first kappa shape index (κ1) is 21.5. The van der Waals surface area contributed by atoms with E-state index in [4.69, 9.17) is 14.2 Å². The predicted octanol–water partition coefficient (Wildman–Crippen LogP) is 3.01. The molecule has 2 aliphatic heterocycles. The number of thioether (sulfide) groups is 1. The lowest BCUT2D eigenvalue weighted by Gasteiger charge is -2.28. The number of hydrogen-bond acceptors (Lipinski definition) is 6. The Bertz CT molecular complexity index is 945. The summed E-state index contributed by atoms with van der Waals surface area (Å²) in [5.74, 6) is 1.33. The molecule has 2 heterocycles. The Morgan fingerprint density at radius 2 is 2.13 bits per heavy atom. The number of methoxy groups -OCH3 is 1.